The molecule has 2 N–H and O–H groups in total. The number of nitrogens with zero attached hydrogens (tertiary/aromatic N) is 4. The number of carbonyl (C=O) groups excluding carboxylic acids is 2. The molecule has 0 bridgehead atoms. The van der Waals surface area contributed by atoms with E-state index in [1.54, 1.807) is 30.6 Å². The summed E-state index contributed by atoms with van der Waals surface area (Å²) in [6.07, 6.45) is 10.00. The Kier molecular flexibility index (Phi) is 7.03. The van der Waals surface area contributed by atoms with Crippen LogP contribution in [-0.4, -0.2) is 72.1 Å². The maximum Gasteiger partial charge on any atom is 0.339 e. The number of fused-ring (bicyclic) bond motifs is 1. The smallest absolute Gasteiger partial charge is 0.339 e. The van der Waals surface area contributed by atoms with Gasteiger partial charge in [0.05, 0.1) is 16.4 Å². The number of rotatable bonds is 7. The predicted octanol–water partition coefficient (Wildman–Crippen LogP) is 2.84. The molecule has 4 rings (SSSR count). The van der Waals surface area contributed by atoms with Crippen molar-refractivity contribution in [1.82, 2.24) is 19.9 Å². The number of H-pyrrole nitrogens is 1. The topological polar surface area (TPSA) is 103 Å². The van der Waals surface area contributed by atoms with Gasteiger partial charge in [0.1, 0.15) is 17.8 Å². The Morgan fingerprint density at radius 2 is 2.06 bits per heavy atom. The zero-order valence-corrected chi connectivity index (χ0v) is 20.3. The van der Waals surface area contributed by atoms with E-state index in [1.807, 2.05) is 32.1 Å². The number of aromatic nitrogens is 3. The van der Waals surface area contributed by atoms with Gasteiger partial charge in [0.15, 0.2) is 6.61 Å². The van der Waals surface area contributed by atoms with E-state index in [-0.39, 0.29) is 12.5 Å². The maximum atomic E-state index is 13.6. The first kappa shape index (κ1) is 24.2. The lowest BCUT2D eigenvalue weighted by molar-refractivity contribution is -0.127. The van der Waals surface area contributed by atoms with Crippen LogP contribution in [0.25, 0.3) is 11.0 Å². The second-order valence-electron chi connectivity index (χ2n) is 9.21. The number of anilines is 2. The van der Waals surface area contributed by atoms with Gasteiger partial charge < -0.3 is 24.8 Å². The molecule has 0 aliphatic carbocycles. The van der Waals surface area contributed by atoms with E-state index in [0.29, 0.717) is 43.7 Å². The van der Waals surface area contributed by atoms with Crippen LogP contribution < -0.4 is 10.2 Å². The van der Waals surface area contributed by atoms with Crippen LogP contribution in [0, 0.1) is 24.7 Å². The molecule has 1 aromatic carbocycles. The molecule has 35 heavy (non-hydrogen) atoms. The van der Waals surface area contributed by atoms with Gasteiger partial charge in [-0.1, -0.05) is 12.0 Å². The Balaban J connectivity index is 1.52. The summed E-state index contributed by atoms with van der Waals surface area (Å²) in [6, 6.07) is 6.72. The van der Waals surface area contributed by atoms with Gasteiger partial charge >= 0.3 is 5.97 Å². The number of piperidine rings is 1. The monoisotopic (exact) mass is 474 g/mol. The summed E-state index contributed by atoms with van der Waals surface area (Å²) in [6.45, 7) is 3.93. The van der Waals surface area contributed by atoms with Crippen molar-refractivity contribution in [2.24, 2.45) is 5.41 Å². The third-order valence-electron chi connectivity index (χ3n) is 6.41. The number of nitrogens with one attached hydrogen (secondary N) is 2. The molecule has 3 aromatic rings. The second kappa shape index (κ2) is 10.2. The highest BCUT2D eigenvalue weighted by molar-refractivity contribution is 5.98. The number of terminal acetylenes is 1. The lowest BCUT2D eigenvalue weighted by Gasteiger charge is -2.42. The number of benzene rings is 1. The van der Waals surface area contributed by atoms with Crippen LogP contribution >= 0.6 is 0 Å². The van der Waals surface area contributed by atoms with Crippen molar-refractivity contribution >= 4 is 34.4 Å². The lowest BCUT2D eigenvalue weighted by atomic mass is 9.76. The summed E-state index contributed by atoms with van der Waals surface area (Å²) in [5, 5.41) is 4.05. The van der Waals surface area contributed by atoms with Gasteiger partial charge in [-0.2, -0.15) is 0 Å². The highest BCUT2D eigenvalue weighted by atomic mass is 16.5. The molecule has 182 valence electrons. The Bertz CT molecular complexity index is 1270. The summed E-state index contributed by atoms with van der Waals surface area (Å²) >= 11 is 0. The fourth-order valence-electron chi connectivity index (χ4n) is 4.72. The SMILES string of the molecule is C#CCOC(=O)c1cccc(NC(=O)C2(CN(C)C)CCN(c3ncnc4[nH]cc(C)c34)CC2)c1. The molecule has 9 heteroatoms. The standard InChI is InChI=1S/C26H30N6O3/c1-5-13-35-24(33)19-7-6-8-20(14-19)30-25(34)26(16-31(3)4)9-11-32(12-10-26)23-21-18(2)15-27-22(21)28-17-29-23/h1,6-8,14-15,17H,9-13,16H2,2-4H3,(H,30,34)(H,27,28,29). The first-order valence-corrected chi connectivity index (χ1v) is 11.5. The van der Waals surface area contributed by atoms with Crippen LogP contribution in [-0.2, 0) is 9.53 Å². The van der Waals surface area contributed by atoms with Crippen LogP contribution in [0.3, 0.4) is 0 Å². The van der Waals surface area contributed by atoms with Gasteiger partial charge in [-0.25, -0.2) is 14.8 Å². The molecule has 0 saturated carbocycles. The summed E-state index contributed by atoms with van der Waals surface area (Å²) in [5.41, 5.74) is 2.21. The summed E-state index contributed by atoms with van der Waals surface area (Å²) < 4.78 is 5.00. The van der Waals surface area contributed by atoms with Crippen LogP contribution in [0.15, 0.2) is 36.8 Å². The molecule has 9 nitrogen and oxygen atoms in total. The minimum atomic E-state index is -0.584. The average molecular weight is 475 g/mol. The Morgan fingerprint density at radius 1 is 1.29 bits per heavy atom. The van der Waals surface area contributed by atoms with Gasteiger partial charge in [0.2, 0.25) is 5.91 Å². The first-order valence-electron chi connectivity index (χ1n) is 11.5. The fraction of sp³-hybridized carbons (Fsp3) is 0.385. The van der Waals surface area contributed by atoms with E-state index in [4.69, 9.17) is 11.2 Å². The predicted molar refractivity (Wildman–Crippen MR) is 135 cm³/mol. The van der Waals surface area contributed by atoms with Crippen LogP contribution in [0.2, 0.25) is 0 Å². The molecular weight excluding hydrogens is 444 g/mol. The molecule has 1 aliphatic rings. The largest absolute Gasteiger partial charge is 0.449 e. The van der Waals surface area contributed by atoms with Crippen LogP contribution in [0.4, 0.5) is 11.5 Å². The zero-order chi connectivity index (χ0) is 25.0. The van der Waals surface area contributed by atoms with Crippen molar-refractivity contribution in [1.29, 1.82) is 0 Å². The molecule has 1 fully saturated rings. The van der Waals surface area contributed by atoms with Gasteiger partial charge in [0.25, 0.3) is 0 Å². The van der Waals surface area contributed by atoms with Crippen LogP contribution in [0.5, 0.6) is 0 Å². The van der Waals surface area contributed by atoms with E-state index >= 15 is 0 Å². The molecule has 0 spiro atoms. The van der Waals surface area contributed by atoms with Crippen molar-refractivity contribution in [3.05, 3.63) is 47.9 Å². The summed E-state index contributed by atoms with van der Waals surface area (Å²) in [7, 11) is 3.95. The molecule has 1 saturated heterocycles. The van der Waals surface area contributed by atoms with Crippen molar-refractivity contribution in [3.8, 4) is 12.3 Å². The third-order valence-corrected chi connectivity index (χ3v) is 6.41. The van der Waals surface area contributed by atoms with Crippen molar-refractivity contribution in [2.45, 2.75) is 19.8 Å². The molecule has 3 heterocycles. The molecule has 0 atom stereocenters. The second-order valence-corrected chi connectivity index (χ2v) is 9.21. The Hall–Kier alpha value is -3.90. The molecule has 0 unspecified atom stereocenters. The number of hydrogen-bond donors (Lipinski definition) is 2. The number of ether oxygens (including phenoxy) is 1. The highest BCUT2D eigenvalue weighted by Gasteiger charge is 2.42. The Labute approximate surface area is 204 Å². The van der Waals surface area contributed by atoms with E-state index in [1.165, 1.54) is 0 Å². The number of aromatic amines is 1. The van der Waals surface area contributed by atoms with Gasteiger partial charge in [-0.3, -0.25) is 4.79 Å². The first-order chi connectivity index (χ1) is 16.8. The number of amides is 1. The van der Waals surface area contributed by atoms with Crippen LogP contribution in [0.1, 0.15) is 28.8 Å². The number of esters is 1. The Morgan fingerprint density at radius 3 is 2.77 bits per heavy atom. The van der Waals surface area contributed by atoms with E-state index < -0.39 is 11.4 Å². The van der Waals surface area contributed by atoms with E-state index in [9.17, 15) is 9.59 Å². The lowest BCUT2D eigenvalue weighted by Crippen LogP contribution is -2.51. The minimum Gasteiger partial charge on any atom is -0.449 e. The van der Waals surface area contributed by atoms with Crippen molar-refractivity contribution in [2.75, 3.05) is 50.6 Å². The molecule has 1 aliphatic heterocycles. The van der Waals surface area contributed by atoms with Gasteiger partial charge in [-0.15, -0.1) is 6.42 Å². The third kappa shape index (κ3) is 5.12. The van der Waals surface area contributed by atoms with Crippen molar-refractivity contribution < 1.29 is 14.3 Å². The normalized spacial score (nSPS) is 15.1. The van der Waals surface area contributed by atoms with E-state index in [2.05, 4.69) is 31.1 Å². The summed E-state index contributed by atoms with van der Waals surface area (Å²) in [5.74, 6) is 2.59. The van der Waals surface area contributed by atoms with Gasteiger partial charge in [0, 0.05) is 31.5 Å². The average Bonchev–Trinajstić information content (AvgIpc) is 3.23. The number of hydrogen-bond acceptors (Lipinski definition) is 7. The molecule has 1 amide bonds. The molecular formula is C26H30N6O3. The quantitative estimate of drug-likeness (QED) is 0.401. The zero-order valence-electron chi connectivity index (χ0n) is 20.3. The minimum absolute atomic E-state index is 0.0642. The fourth-order valence-corrected chi connectivity index (χ4v) is 4.72. The molecule has 2 aromatic heterocycles. The number of aryl methyl sites for hydroxylation is 1. The summed E-state index contributed by atoms with van der Waals surface area (Å²) in [4.78, 5) is 42.1. The maximum absolute atomic E-state index is 13.6. The highest BCUT2D eigenvalue weighted by Crippen LogP contribution is 2.37. The number of carbonyl (C=O) groups is 2. The van der Waals surface area contributed by atoms with Crippen molar-refractivity contribution in [3.63, 3.8) is 0 Å². The van der Waals surface area contributed by atoms with Gasteiger partial charge in [-0.05, 0) is 57.6 Å². The van der Waals surface area contributed by atoms with E-state index in [0.717, 1.165) is 22.4 Å². The molecule has 0 radical (unpaired) electrons.